The van der Waals surface area contributed by atoms with Gasteiger partial charge in [0.25, 0.3) is 0 Å². The zero-order chi connectivity index (χ0) is 13.8. The Labute approximate surface area is 117 Å². The molecule has 2 heterocycles. The van der Waals surface area contributed by atoms with Gasteiger partial charge in [-0.05, 0) is 19.1 Å². The quantitative estimate of drug-likeness (QED) is 0.722. The van der Waals surface area contributed by atoms with Gasteiger partial charge in [0.1, 0.15) is 18.2 Å². The molecule has 0 amide bonds. The summed E-state index contributed by atoms with van der Waals surface area (Å²) in [4.78, 5) is 4.40. The molecule has 0 aliphatic rings. The van der Waals surface area contributed by atoms with Crippen LogP contribution in [0.1, 0.15) is 5.69 Å². The summed E-state index contributed by atoms with van der Waals surface area (Å²) in [5, 5.41) is 7.57. The lowest BCUT2D eigenvalue weighted by Gasteiger charge is -2.10. The van der Waals surface area contributed by atoms with E-state index < -0.39 is 0 Å². The molecule has 0 aliphatic carbocycles. The number of hydrogen-bond donors (Lipinski definition) is 1. The highest BCUT2D eigenvalue weighted by Crippen LogP contribution is 2.12. The molecule has 0 bridgehead atoms. The lowest BCUT2D eigenvalue weighted by molar-refractivity contribution is 0.332. The lowest BCUT2D eigenvalue weighted by Crippen LogP contribution is -2.14. The maximum absolute atomic E-state index is 5.64. The minimum absolute atomic E-state index is 0.591. The van der Waals surface area contributed by atoms with Crippen molar-refractivity contribution in [3.8, 4) is 5.75 Å². The van der Waals surface area contributed by atoms with Crippen molar-refractivity contribution < 1.29 is 4.74 Å². The highest BCUT2D eigenvalue weighted by molar-refractivity contribution is 5.48. The minimum Gasteiger partial charge on any atom is -0.492 e. The van der Waals surface area contributed by atoms with Crippen molar-refractivity contribution in [2.24, 2.45) is 0 Å². The third kappa shape index (κ3) is 2.71. The lowest BCUT2D eigenvalue weighted by atomic mass is 10.3. The molecule has 3 rings (SSSR count). The fourth-order valence-electron chi connectivity index (χ4n) is 2.03. The maximum atomic E-state index is 5.64. The van der Waals surface area contributed by atoms with Gasteiger partial charge >= 0.3 is 0 Å². The van der Waals surface area contributed by atoms with Gasteiger partial charge in [0.2, 0.25) is 0 Å². The Balaban J connectivity index is 1.61. The van der Waals surface area contributed by atoms with Crippen molar-refractivity contribution >= 4 is 11.5 Å². The Bertz CT molecular complexity index is 693. The number of ether oxygens (including phenoxy) is 1. The van der Waals surface area contributed by atoms with Gasteiger partial charge in [-0.15, -0.1) is 0 Å². The van der Waals surface area contributed by atoms with Crippen LogP contribution < -0.4 is 10.1 Å². The number of aromatic nitrogens is 3. The zero-order valence-electron chi connectivity index (χ0n) is 11.3. The van der Waals surface area contributed by atoms with Gasteiger partial charge in [0.15, 0.2) is 5.65 Å². The van der Waals surface area contributed by atoms with E-state index in [1.807, 2.05) is 49.4 Å². The Morgan fingerprint density at radius 3 is 2.90 bits per heavy atom. The van der Waals surface area contributed by atoms with E-state index in [9.17, 15) is 0 Å². The van der Waals surface area contributed by atoms with Crippen molar-refractivity contribution in [1.29, 1.82) is 0 Å². The predicted octanol–water partition coefficient (Wildman–Crippen LogP) is 2.53. The molecule has 0 atom stereocenters. The molecule has 0 unspecified atom stereocenters. The molecular formula is C15H16N4O. The first-order valence-corrected chi connectivity index (χ1v) is 6.56. The van der Waals surface area contributed by atoms with E-state index in [1.165, 1.54) is 0 Å². The molecule has 1 aromatic carbocycles. The second-order valence-electron chi connectivity index (χ2n) is 4.47. The van der Waals surface area contributed by atoms with Crippen LogP contribution in [0, 0.1) is 6.92 Å². The summed E-state index contributed by atoms with van der Waals surface area (Å²) in [6, 6.07) is 13.6. The topological polar surface area (TPSA) is 51.5 Å². The van der Waals surface area contributed by atoms with Gasteiger partial charge in [-0.25, -0.2) is 4.98 Å². The van der Waals surface area contributed by atoms with Crippen molar-refractivity contribution in [3.05, 3.63) is 54.4 Å². The van der Waals surface area contributed by atoms with Crippen LogP contribution in [0.4, 0.5) is 5.82 Å². The molecule has 5 nitrogen and oxygen atoms in total. The van der Waals surface area contributed by atoms with E-state index in [0.717, 1.165) is 22.9 Å². The van der Waals surface area contributed by atoms with Crippen LogP contribution in [-0.2, 0) is 0 Å². The summed E-state index contributed by atoms with van der Waals surface area (Å²) >= 11 is 0. The van der Waals surface area contributed by atoms with Gasteiger partial charge in [-0.3, -0.25) is 0 Å². The van der Waals surface area contributed by atoms with Crippen molar-refractivity contribution in [2.45, 2.75) is 6.92 Å². The third-order valence-corrected chi connectivity index (χ3v) is 2.91. The Morgan fingerprint density at radius 1 is 1.20 bits per heavy atom. The van der Waals surface area contributed by atoms with Crippen molar-refractivity contribution in [3.63, 3.8) is 0 Å². The van der Waals surface area contributed by atoms with Crippen LogP contribution in [0.5, 0.6) is 5.75 Å². The predicted molar refractivity (Wildman–Crippen MR) is 78.2 cm³/mol. The van der Waals surface area contributed by atoms with Gasteiger partial charge in [0.05, 0.1) is 12.7 Å². The van der Waals surface area contributed by atoms with E-state index >= 15 is 0 Å². The van der Waals surface area contributed by atoms with Crippen LogP contribution in [0.2, 0.25) is 0 Å². The number of rotatable bonds is 5. The van der Waals surface area contributed by atoms with Gasteiger partial charge in [-0.1, -0.05) is 18.2 Å². The average Bonchev–Trinajstić information content (AvgIpc) is 2.92. The van der Waals surface area contributed by atoms with Crippen molar-refractivity contribution in [1.82, 2.24) is 14.6 Å². The Morgan fingerprint density at radius 2 is 2.05 bits per heavy atom. The monoisotopic (exact) mass is 268 g/mol. The van der Waals surface area contributed by atoms with Crippen LogP contribution in [0.25, 0.3) is 5.65 Å². The number of nitrogens with zero attached hydrogens (tertiary/aromatic N) is 3. The summed E-state index contributed by atoms with van der Waals surface area (Å²) in [6.45, 7) is 3.26. The number of benzene rings is 1. The highest BCUT2D eigenvalue weighted by Gasteiger charge is 2.03. The Kier molecular flexibility index (Phi) is 3.50. The number of nitrogens with one attached hydrogen (secondary N) is 1. The molecule has 20 heavy (non-hydrogen) atoms. The minimum atomic E-state index is 0.591. The fraction of sp³-hybridized carbons (Fsp3) is 0.200. The summed E-state index contributed by atoms with van der Waals surface area (Å²) in [5.41, 5.74) is 1.81. The molecule has 3 aromatic rings. The van der Waals surface area contributed by atoms with Crippen molar-refractivity contribution in [2.75, 3.05) is 18.5 Å². The summed E-state index contributed by atoms with van der Waals surface area (Å²) < 4.78 is 7.43. The molecule has 0 aliphatic heterocycles. The SMILES string of the molecule is Cc1cc(NCCOc2ccccc2)n2nccc2n1. The second kappa shape index (κ2) is 5.61. The normalized spacial score (nSPS) is 10.7. The molecule has 2 aromatic heterocycles. The summed E-state index contributed by atoms with van der Waals surface area (Å²) in [5.74, 6) is 1.80. The van der Waals surface area contributed by atoms with Crippen LogP contribution >= 0.6 is 0 Å². The van der Waals surface area contributed by atoms with E-state index in [2.05, 4.69) is 15.4 Å². The molecule has 0 spiro atoms. The van der Waals surface area contributed by atoms with E-state index in [0.29, 0.717) is 13.2 Å². The van der Waals surface area contributed by atoms with E-state index in [1.54, 1.807) is 10.7 Å². The molecule has 0 fully saturated rings. The van der Waals surface area contributed by atoms with E-state index in [-0.39, 0.29) is 0 Å². The first kappa shape index (κ1) is 12.5. The Hall–Kier alpha value is -2.56. The molecule has 5 heteroatoms. The first-order chi connectivity index (χ1) is 9.83. The molecule has 0 saturated heterocycles. The van der Waals surface area contributed by atoms with Crippen LogP contribution in [0.3, 0.4) is 0 Å². The van der Waals surface area contributed by atoms with E-state index in [4.69, 9.17) is 4.74 Å². The molecule has 102 valence electrons. The highest BCUT2D eigenvalue weighted by atomic mass is 16.5. The first-order valence-electron chi connectivity index (χ1n) is 6.56. The summed E-state index contributed by atoms with van der Waals surface area (Å²) in [7, 11) is 0. The smallest absolute Gasteiger partial charge is 0.157 e. The molecule has 1 N–H and O–H groups in total. The van der Waals surface area contributed by atoms with Gasteiger partial charge < -0.3 is 10.1 Å². The maximum Gasteiger partial charge on any atom is 0.157 e. The largest absolute Gasteiger partial charge is 0.492 e. The number of aryl methyl sites for hydroxylation is 1. The summed E-state index contributed by atoms with van der Waals surface area (Å²) in [6.07, 6.45) is 1.74. The third-order valence-electron chi connectivity index (χ3n) is 2.91. The van der Waals surface area contributed by atoms with Crippen LogP contribution in [0.15, 0.2) is 48.7 Å². The molecule has 0 radical (unpaired) electrons. The standard InChI is InChI=1S/C15H16N4O/c1-12-11-15(19-14(18-12)7-8-17-19)16-9-10-20-13-5-3-2-4-6-13/h2-8,11,16H,9-10H2,1H3. The molecular weight excluding hydrogens is 252 g/mol. The van der Waals surface area contributed by atoms with Crippen LogP contribution in [-0.4, -0.2) is 27.7 Å². The fourth-order valence-corrected chi connectivity index (χ4v) is 2.03. The number of para-hydroxylation sites is 1. The average molecular weight is 268 g/mol. The zero-order valence-corrected chi connectivity index (χ0v) is 11.3. The number of hydrogen-bond acceptors (Lipinski definition) is 4. The number of anilines is 1. The van der Waals surface area contributed by atoms with Gasteiger partial charge in [-0.2, -0.15) is 9.61 Å². The number of fused-ring (bicyclic) bond motifs is 1. The van der Waals surface area contributed by atoms with Gasteiger partial charge in [0, 0.05) is 17.8 Å². The second-order valence-corrected chi connectivity index (χ2v) is 4.47. The molecule has 0 saturated carbocycles.